The lowest BCUT2D eigenvalue weighted by Crippen LogP contribution is -2.22. The van der Waals surface area contributed by atoms with Crippen molar-refractivity contribution < 1.29 is 14.3 Å². The van der Waals surface area contributed by atoms with Crippen LogP contribution >= 0.6 is 0 Å². The number of rotatable bonds is 5. The predicted octanol–water partition coefficient (Wildman–Crippen LogP) is 1.26. The van der Waals surface area contributed by atoms with E-state index in [1.165, 1.54) is 0 Å². The first kappa shape index (κ1) is 11.8. The predicted molar refractivity (Wildman–Crippen MR) is 62.0 cm³/mol. The Balaban J connectivity index is 1.67. The van der Waals surface area contributed by atoms with E-state index >= 15 is 0 Å². The third-order valence-electron chi connectivity index (χ3n) is 2.79. The minimum absolute atomic E-state index is 0.168. The Bertz CT molecular complexity index is 402. The van der Waals surface area contributed by atoms with Gasteiger partial charge in [0.2, 0.25) is 11.8 Å². The highest BCUT2D eigenvalue weighted by molar-refractivity contribution is 6.03. The number of hydrogen-bond donors (Lipinski definition) is 1. The summed E-state index contributed by atoms with van der Waals surface area (Å²) in [6.07, 6.45) is 0.901. The lowest BCUT2D eigenvalue weighted by molar-refractivity contribution is -0.126. The van der Waals surface area contributed by atoms with Crippen molar-refractivity contribution in [2.75, 3.05) is 6.61 Å². The van der Waals surface area contributed by atoms with Gasteiger partial charge in [-0.1, -0.05) is 30.3 Å². The molecule has 0 aromatic heterocycles. The number of ether oxygens (including phenoxy) is 1. The Labute approximate surface area is 100.0 Å². The van der Waals surface area contributed by atoms with Gasteiger partial charge < -0.3 is 4.74 Å². The first-order valence-corrected chi connectivity index (χ1v) is 5.71. The number of amides is 2. The minimum Gasteiger partial charge on any atom is -0.377 e. The minimum atomic E-state index is -0.210. The third kappa shape index (κ3) is 3.39. The van der Waals surface area contributed by atoms with Crippen molar-refractivity contribution in [1.29, 1.82) is 0 Å². The Morgan fingerprint density at radius 2 is 2.00 bits per heavy atom. The van der Waals surface area contributed by atoms with Crippen molar-refractivity contribution in [3.8, 4) is 0 Å². The van der Waals surface area contributed by atoms with E-state index in [1.807, 2.05) is 30.3 Å². The zero-order valence-corrected chi connectivity index (χ0v) is 9.52. The molecule has 1 N–H and O–H groups in total. The molecule has 0 saturated carbocycles. The van der Waals surface area contributed by atoms with Gasteiger partial charge in [0.15, 0.2) is 0 Å². The molecule has 0 bridgehead atoms. The maximum atomic E-state index is 11.3. The van der Waals surface area contributed by atoms with Gasteiger partial charge in [-0.05, 0) is 12.0 Å². The molecule has 1 unspecified atom stereocenters. The molecule has 1 aliphatic heterocycles. The van der Waals surface area contributed by atoms with Crippen molar-refractivity contribution in [3.63, 3.8) is 0 Å². The van der Waals surface area contributed by atoms with Crippen LogP contribution in [-0.2, 0) is 20.9 Å². The fourth-order valence-corrected chi connectivity index (χ4v) is 1.83. The van der Waals surface area contributed by atoms with Crippen molar-refractivity contribution in [1.82, 2.24) is 5.32 Å². The largest absolute Gasteiger partial charge is 0.377 e. The molecular weight excluding hydrogens is 218 g/mol. The summed E-state index contributed by atoms with van der Waals surface area (Å²) in [7, 11) is 0. The van der Waals surface area contributed by atoms with Crippen LogP contribution in [0.4, 0.5) is 0 Å². The molecule has 1 atom stereocenters. The SMILES string of the molecule is O=C1CC(CCOCc2ccccc2)C(=O)N1. The van der Waals surface area contributed by atoms with Crippen LogP contribution in [0.5, 0.6) is 0 Å². The zero-order valence-electron chi connectivity index (χ0n) is 9.52. The monoisotopic (exact) mass is 233 g/mol. The van der Waals surface area contributed by atoms with Crippen LogP contribution in [0.15, 0.2) is 30.3 Å². The number of nitrogens with one attached hydrogen (secondary N) is 1. The Kier molecular flexibility index (Phi) is 3.88. The molecule has 2 rings (SSSR count). The van der Waals surface area contributed by atoms with E-state index in [4.69, 9.17) is 4.74 Å². The van der Waals surface area contributed by atoms with Gasteiger partial charge in [0, 0.05) is 18.9 Å². The van der Waals surface area contributed by atoms with Crippen LogP contribution in [0, 0.1) is 5.92 Å². The van der Waals surface area contributed by atoms with E-state index in [-0.39, 0.29) is 17.7 Å². The summed E-state index contributed by atoms with van der Waals surface area (Å²) in [5, 5.41) is 2.29. The first-order chi connectivity index (χ1) is 8.25. The summed E-state index contributed by atoms with van der Waals surface area (Å²) >= 11 is 0. The highest BCUT2D eigenvalue weighted by Crippen LogP contribution is 2.15. The summed E-state index contributed by atoms with van der Waals surface area (Å²) in [6.45, 7) is 1.05. The van der Waals surface area contributed by atoms with E-state index in [0.717, 1.165) is 5.56 Å². The van der Waals surface area contributed by atoms with Gasteiger partial charge in [-0.3, -0.25) is 14.9 Å². The van der Waals surface area contributed by atoms with Crippen molar-refractivity contribution >= 4 is 11.8 Å². The average Bonchev–Trinajstić information content (AvgIpc) is 2.65. The van der Waals surface area contributed by atoms with Gasteiger partial charge >= 0.3 is 0 Å². The highest BCUT2D eigenvalue weighted by Gasteiger charge is 2.29. The van der Waals surface area contributed by atoms with Gasteiger partial charge in [0.05, 0.1) is 6.61 Å². The van der Waals surface area contributed by atoms with Crippen LogP contribution < -0.4 is 5.32 Å². The third-order valence-corrected chi connectivity index (χ3v) is 2.79. The summed E-state index contributed by atoms with van der Waals surface area (Å²) in [4.78, 5) is 22.2. The average molecular weight is 233 g/mol. The molecule has 1 heterocycles. The molecule has 4 nitrogen and oxygen atoms in total. The topological polar surface area (TPSA) is 55.4 Å². The Hall–Kier alpha value is -1.68. The van der Waals surface area contributed by atoms with Crippen molar-refractivity contribution in [3.05, 3.63) is 35.9 Å². The fraction of sp³-hybridized carbons (Fsp3) is 0.385. The Morgan fingerprint density at radius 1 is 1.24 bits per heavy atom. The van der Waals surface area contributed by atoms with Gasteiger partial charge in [-0.2, -0.15) is 0 Å². The number of imide groups is 1. The maximum absolute atomic E-state index is 11.3. The van der Waals surface area contributed by atoms with E-state index in [1.54, 1.807) is 0 Å². The van der Waals surface area contributed by atoms with Gasteiger partial charge in [0.1, 0.15) is 0 Å². The van der Waals surface area contributed by atoms with Crippen LogP contribution in [0.25, 0.3) is 0 Å². The molecule has 0 aliphatic carbocycles. The fourth-order valence-electron chi connectivity index (χ4n) is 1.83. The van der Waals surface area contributed by atoms with E-state index in [9.17, 15) is 9.59 Å². The summed E-state index contributed by atoms with van der Waals surface area (Å²) in [5.74, 6) is -0.556. The second kappa shape index (κ2) is 5.59. The van der Waals surface area contributed by atoms with Gasteiger partial charge in [-0.25, -0.2) is 0 Å². The molecule has 0 radical (unpaired) electrons. The molecule has 1 fully saturated rings. The summed E-state index contributed by atoms with van der Waals surface area (Å²) < 4.78 is 5.47. The van der Waals surface area contributed by atoms with Crippen molar-refractivity contribution in [2.45, 2.75) is 19.4 Å². The molecule has 17 heavy (non-hydrogen) atoms. The quantitative estimate of drug-likeness (QED) is 0.615. The van der Waals surface area contributed by atoms with Crippen LogP contribution in [0.1, 0.15) is 18.4 Å². The zero-order chi connectivity index (χ0) is 12.1. The van der Waals surface area contributed by atoms with Crippen LogP contribution in [-0.4, -0.2) is 18.4 Å². The maximum Gasteiger partial charge on any atom is 0.230 e. The number of benzene rings is 1. The smallest absolute Gasteiger partial charge is 0.230 e. The molecule has 1 aromatic carbocycles. The van der Waals surface area contributed by atoms with E-state index < -0.39 is 0 Å². The van der Waals surface area contributed by atoms with Crippen molar-refractivity contribution in [2.24, 2.45) is 5.92 Å². The Morgan fingerprint density at radius 3 is 2.65 bits per heavy atom. The highest BCUT2D eigenvalue weighted by atomic mass is 16.5. The lowest BCUT2D eigenvalue weighted by atomic mass is 10.1. The molecule has 1 aliphatic rings. The lowest BCUT2D eigenvalue weighted by Gasteiger charge is -2.07. The molecule has 2 amide bonds. The van der Waals surface area contributed by atoms with Crippen LogP contribution in [0.2, 0.25) is 0 Å². The van der Waals surface area contributed by atoms with Crippen LogP contribution in [0.3, 0.4) is 0 Å². The van der Waals surface area contributed by atoms with Gasteiger partial charge in [0.25, 0.3) is 0 Å². The summed E-state index contributed by atoms with van der Waals surface area (Å²) in [6, 6.07) is 9.86. The second-order valence-corrected chi connectivity index (χ2v) is 4.14. The number of carbonyl (C=O) groups is 2. The molecule has 4 heteroatoms. The van der Waals surface area contributed by atoms with Gasteiger partial charge in [-0.15, -0.1) is 0 Å². The molecule has 90 valence electrons. The normalized spacial score (nSPS) is 19.4. The van der Waals surface area contributed by atoms with E-state index in [0.29, 0.717) is 26.1 Å². The molecule has 1 aromatic rings. The summed E-state index contributed by atoms with van der Waals surface area (Å²) in [5.41, 5.74) is 1.11. The number of carbonyl (C=O) groups excluding carboxylic acids is 2. The number of hydrogen-bond acceptors (Lipinski definition) is 3. The molecule has 0 spiro atoms. The van der Waals surface area contributed by atoms with E-state index in [2.05, 4.69) is 5.32 Å². The first-order valence-electron chi connectivity index (χ1n) is 5.71. The standard InChI is InChI=1S/C13H15NO3/c15-12-8-11(13(16)14-12)6-7-17-9-10-4-2-1-3-5-10/h1-5,11H,6-9H2,(H,14,15,16). The second-order valence-electron chi connectivity index (χ2n) is 4.14. The molecular formula is C13H15NO3. The molecule has 1 saturated heterocycles.